The molecule has 2 rings (SSSR count). The smallest absolute Gasteiger partial charge is 0.246 e. The van der Waals surface area contributed by atoms with Gasteiger partial charge in [-0.3, -0.25) is 4.79 Å². The topological polar surface area (TPSA) is 20.3 Å². The van der Waals surface area contributed by atoms with Crippen LogP contribution in [0.25, 0.3) is 5.57 Å². The van der Waals surface area contributed by atoms with Crippen molar-refractivity contribution in [3.05, 3.63) is 42.0 Å². The molecule has 0 aromatic heterocycles. The summed E-state index contributed by atoms with van der Waals surface area (Å²) in [6.07, 6.45) is 4.03. The lowest BCUT2D eigenvalue weighted by molar-refractivity contribution is -0.127. The molecule has 0 saturated carbocycles. The summed E-state index contributed by atoms with van der Waals surface area (Å²) in [7, 11) is 0. The zero-order valence-electron chi connectivity index (χ0n) is 11.2. The van der Waals surface area contributed by atoms with Gasteiger partial charge < -0.3 is 4.90 Å². The Hall–Kier alpha value is -1.57. The maximum absolute atomic E-state index is 12.1. The summed E-state index contributed by atoms with van der Waals surface area (Å²) in [4.78, 5) is 14.1. The number of likely N-dealkylation sites (tertiary alicyclic amines) is 1. The summed E-state index contributed by atoms with van der Waals surface area (Å²) in [6.45, 7) is 6.06. The molecule has 1 aromatic carbocycles. The summed E-state index contributed by atoms with van der Waals surface area (Å²) in [5.74, 6) is 0.913. The fraction of sp³-hybridized carbons (Fsp3) is 0.438. The molecule has 0 N–H and O–H groups in total. The molecule has 0 bridgehead atoms. The van der Waals surface area contributed by atoms with Gasteiger partial charge in [-0.15, -0.1) is 0 Å². The second-order valence-electron chi connectivity index (χ2n) is 5.20. The zero-order valence-corrected chi connectivity index (χ0v) is 11.2. The van der Waals surface area contributed by atoms with E-state index in [2.05, 4.69) is 6.92 Å². The van der Waals surface area contributed by atoms with E-state index in [1.165, 1.54) is 0 Å². The first-order valence-corrected chi connectivity index (χ1v) is 6.69. The summed E-state index contributed by atoms with van der Waals surface area (Å²) >= 11 is 0. The highest BCUT2D eigenvalue weighted by molar-refractivity contribution is 5.94. The molecule has 1 amide bonds. The van der Waals surface area contributed by atoms with Crippen molar-refractivity contribution in [1.29, 1.82) is 0 Å². The van der Waals surface area contributed by atoms with Crippen LogP contribution in [-0.4, -0.2) is 23.9 Å². The SMILES string of the molecule is C/C(=C\C(=O)N1CCC(C)CC1)c1ccccc1. The van der Waals surface area contributed by atoms with Gasteiger partial charge in [0.25, 0.3) is 0 Å². The molecular formula is C16H21NO. The van der Waals surface area contributed by atoms with Crippen molar-refractivity contribution in [2.75, 3.05) is 13.1 Å². The minimum absolute atomic E-state index is 0.156. The van der Waals surface area contributed by atoms with Gasteiger partial charge in [-0.1, -0.05) is 37.3 Å². The van der Waals surface area contributed by atoms with Crippen molar-refractivity contribution in [1.82, 2.24) is 4.90 Å². The summed E-state index contributed by atoms with van der Waals surface area (Å²) in [5.41, 5.74) is 2.16. The van der Waals surface area contributed by atoms with E-state index in [1.54, 1.807) is 6.08 Å². The lowest BCUT2D eigenvalue weighted by atomic mass is 9.99. The van der Waals surface area contributed by atoms with Crippen molar-refractivity contribution in [2.24, 2.45) is 5.92 Å². The molecule has 0 radical (unpaired) electrons. The van der Waals surface area contributed by atoms with Crippen LogP contribution in [0.4, 0.5) is 0 Å². The lowest BCUT2D eigenvalue weighted by Crippen LogP contribution is -2.36. The van der Waals surface area contributed by atoms with E-state index in [-0.39, 0.29) is 5.91 Å². The number of allylic oxidation sites excluding steroid dienone is 1. The van der Waals surface area contributed by atoms with Gasteiger partial charge in [0.2, 0.25) is 5.91 Å². The standard InChI is InChI=1S/C16H21NO/c1-13-8-10-17(11-9-13)16(18)12-14(2)15-6-4-3-5-7-15/h3-7,12-13H,8-11H2,1-2H3/b14-12+. The highest BCUT2D eigenvalue weighted by atomic mass is 16.2. The molecular weight excluding hydrogens is 222 g/mol. The molecule has 2 heteroatoms. The zero-order chi connectivity index (χ0) is 13.0. The highest BCUT2D eigenvalue weighted by Gasteiger charge is 2.18. The van der Waals surface area contributed by atoms with E-state index in [1.807, 2.05) is 42.2 Å². The molecule has 0 spiro atoms. The van der Waals surface area contributed by atoms with Crippen LogP contribution < -0.4 is 0 Å². The number of hydrogen-bond acceptors (Lipinski definition) is 1. The first kappa shape index (κ1) is 12.9. The molecule has 18 heavy (non-hydrogen) atoms. The third-order valence-electron chi connectivity index (χ3n) is 3.66. The maximum Gasteiger partial charge on any atom is 0.246 e. The monoisotopic (exact) mass is 243 g/mol. The van der Waals surface area contributed by atoms with Gasteiger partial charge in [0.15, 0.2) is 0 Å². The summed E-state index contributed by atoms with van der Waals surface area (Å²) < 4.78 is 0. The minimum atomic E-state index is 0.156. The van der Waals surface area contributed by atoms with Gasteiger partial charge in [0.05, 0.1) is 0 Å². The molecule has 0 aliphatic carbocycles. The second kappa shape index (κ2) is 5.85. The van der Waals surface area contributed by atoms with Crippen LogP contribution in [0, 0.1) is 5.92 Å². The van der Waals surface area contributed by atoms with E-state index < -0.39 is 0 Å². The molecule has 1 aliphatic rings. The molecule has 0 unspecified atom stereocenters. The number of rotatable bonds is 2. The molecule has 1 heterocycles. The Balaban J connectivity index is 2.02. The molecule has 1 fully saturated rings. The van der Waals surface area contributed by atoms with Crippen LogP contribution >= 0.6 is 0 Å². The number of benzene rings is 1. The van der Waals surface area contributed by atoms with E-state index in [9.17, 15) is 4.79 Å². The molecule has 1 aromatic rings. The molecule has 96 valence electrons. The average molecular weight is 243 g/mol. The summed E-state index contributed by atoms with van der Waals surface area (Å²) in [6, 6.07) is 10.1. The van der Waals surface area contributed by atoms with Crippen molar-refractivity contribution in [3.8, 4) is 0 Å². The van der Waals surface area contributed by atoms with E-state index in [0.29, 0.717) is 0 Å². The quantitative estimate of drug-likeness (QED) is 0.729. The van der Waals surface area contributed by atoms with Crippen LogP contribution in [-0.2, 0) is 4.79 Å². The largest absolute Gasteiger partial charge is 0.339 e. The van der Waals surface area contributed by atoms with Crippen LogP contribution in [0.2, 0.25) is 0 Å². The van der Waals surface area contributed by atoms with Gasteiger partial charge in [-0.05, 0) is 36.8 Å². The highest BCUT2D eigenvalue weighted by Crippen LogP contribution is 2.18. The predicted molar refractivity (Wildman–Crippen MR) is 75.1 cm³/mol. The molecule has 0 atom stereocenters. The Morgan fingerprint density at radius 3 is 2.44 bits per heavy atom. The Bertz CT molecular complexity index is 428. The predicted octanol–water partition coefficient (Wildman–Crippen LogP) is 3.35. The van der Waals surface area contributed by atoms with Crippen LogP contribution in [0.1, 0.15) is 32.3 Å². The lowest BCUT2D eigenvalue weighted by Gasteiger charge is -2.29. The molecule has 1 aliphatic heterocycles. The number of piperidine rings is 1. The number of nitrogens with zero attached hydrogens (tertiary/aromatic N) is 1. The summed E-state index contributed by atoms with van der Waals surface area (Å²) in [5, 5.41) is 0. The van der Waals surface area contributed by atoms with Crippen molar-refractivity contribution in [3.63, 3.8) is 0 Å². The van der Waals surface area contributed by atoms with Crippen LogP contribution in [0.5, 0.6) is 0 Å². The second-order valence-corrected chi connectivity index (χ2v) is 5.20. The third kappa shape index (κ3) is 3.22. The normalized spacial score (nSPS) is 17.9. The Morgan fingerprint density at radius 1 is 1.22 bits per heavy atom. The van der Waals surface area contributed by atoms with Gasteiger partial charge >= 0.3 is 0 Å². The Morgan fingerprint density at radius 2 is 1.83 bits per heavy atom. The van der Waals surface area contributed by atoms with E-state index in [4.69, 9.17) is 0 Å². The van der Waals surface area contributed by atoms with E-state index in [0.717, 1.165) is 43.0 Å². The van der Waals surface area contributed by atoms with Gasteiger partial charge in [0, 0.05) is 19.2 Å². The van der Waals surface area contributed by atoms with Crippen LogP contribution in [0.3, 0.4) is 0 Å². The maximum atomic E-state index is 12.1. The number of amides is 1. The van der Waals surface area contributed by atoms with Gasteiger partial charge in [0.1, 0.15) is 0 Å². The fourth-order valence-electron chi connectivity index (χ4n) is 2.29. The van der Waals surface area contributed by atoms with Crippen LogP contribution in [0.15, 0.2) is 36.4 Å². The first-order chi connectivity index (χ1) is 8.66. The van der Waals surface area contributed by atoms with E-state index >= 15 is 0 Å². The average Bonchev–Trinajstić information content (AvgIpc) is 2.40. The fourth-order valence-corrected chi connectivity index (χ4v) is 2.29. The first-order valence-electron chi connectivity index (χ1n) is 6.69. The molecule has 2 nitrogen and oxygen atoms in total. The Labute approximate surface area is 109 Å². The Kier molecular flexibility index (Phi) is 4.19. The number of hydrogen-bond donors (Lipinski definition) is 0. The van der Waals surface area contributed by atoms with Crippen molar-refractivity contribution < 1.29 is 4.79 Å². The van der Waals surface area contributed by atoms with Crippen molar-refractivity contribution >= 4 is 11.5 Å². The minimum Gasteiger partial charge on any atom is -0.339 e. The molecule has 1 saturated heterocycles. The number of carbonyl (C=O) groups is 1. The van der Waals surface area contributed by atoms with Gasteiger partial charge in [-0.2, -0.15) is 0 Å². The van der Waals surface area contributed by atoms with Gasteiger partial charge in [-0.25, -0.2) is 0 Å². The third-order valence-corrected chi connectivity index (χ3v) is 3.66. The number of carbonyl (C=O) groups excluding carboxylic acids is 1. The van der Waals surface area contributed by atoms with Crippen molar-refractivity contribution in [2.45, 2.75) is 26.7 Å².